The van der Waals surface area contributed by atoms with Crippen molar-refractivity contribution in [3.05, 3.63) is 51.7 Å². The summed E-state index contributed by atoms with van der Waals surface area (Å²) < 4.78 is 0. The standard InChI is InChI=1S/C13H14ClNS2/c1-15-12(10-6-7-16-8-10)9-17-13-5-3-2-4-11(13)14/h2-8,12,15H,9H2,1H3. The van der Waals surface area contributed by atoms with Crippen LogP contribution in [0, 0.1) is 0 Å². The molecule has 0 fully saturated rings. The van der Waals surface area contributed by atoms with Gasteiger partial charge < -0.3 is 5.32 Å². The minimum absolute atomic E-state index is 0.377. The second-order valence-electron chi connectivity index (χ2n) is 3.64. The van der Waals surface area contributed by atoms with E-state index in [1.54, 1.807) is 23.1 Å². The average molecular weight is 284 g/mol. The molecule has 0 amide bonds. The van der Waals surface area contributed by atoms with Crippen LogP contribution in [-0.4, -0.2) is 12.8 Å². The van der Waals surface area contributed by atoms with Gasteiger partial charge in [-0.3, -0.25) is 0 Å². The molecule has 4 heteroatoms. The normalized spacial score (nSPS) is 12.6. The van der Waals surface area contributed by atoms with Gasteiger partial charge in [-0.2, -0.15) is 11.3 Å². The Morgan fingerprint density at radius 3 is 2.82 bits per heavy atom. The predicted molar refractivity (Wildman–Crippen MR) is 78.3 cm³/mol. The monoisotopic (exact) mass is 283 g/mol. The number of nitrogens with one attached hydrogen (secondary N) is 1. The van der Waals surface area contributed by atoms with Gasteiger partial charge in [-0.25, -0.2) is 0 Å². The van der Waals surface area contributed by atoms with Crippen molar-refractivity contribution in [2.45, 2.75) is 10.9 Å². The highest BCUT2D eigenvalue weighted by molar-refractivity contribution is 7.99. The van der Waals surface area contributed by atoms with E-state index < -0.39 is 0 Å². The lowest BCUT2D eigenvalue weighted by molar-refractivity contribution is 0.664. The van der Waals surface area contributed by atoms with Crippen LogP contribution in [0.3, 0.4) is 0 Å². The quantitative estimate of drug-likeness (QED) is 0.814. The number of hydrogen-bond donors (Lipinski definition) is 1. The summed E-state index contributed by atoms with van der Waals surface area (Å²) in [5.74, 6) is 0.983. The van der Waals surface area contributed by atoms with Crippen LogP contribution in [0.1, 0.15) is 11.6 Å². The SMILES string of the molecule is CNC(CSc1ccccc1Cl)c1ccsc1. The van der Waals surface area contributed by atoms with Crippen LogP contribution in [0.4, 0.5) is 0 Å². The van der Waals surface area contributed by atoms with E-state index in [9.17, 15) is 0 Å². The molecule has 0 radical (unpaired) electrons. The summed E-state index contributed by atoms with van der Waals surface area (Å²) in [6.07, 6.45) is 0. The van der Waals surface area contributed by atoms with Gasteiger partial charge in [0.05, 0.1) is 5.02 Å². The molecule has 0 bridgehead atoms. The maximum absolute atomic E-state index is 6.14. The van der Waals surface area contributed by atoms with E-state index in [-0.39, 0.29) is 0 Å². The first-order valence-electron chi connectivity index (χ1n) is 5.38. The average Bonchev–Trinajstić information content (AvgIpc) is 2.86. The second-order valence-corrected chi connectivity index (χ2v) is 5.89. The molecule has 0 saturated heterocycles. The molecule has 0 aliphatic heterocycles. The maximum Gasteiger partial charge on any atom is 0.0541 e. The van der Waals surface area contributed by atoms with Gasteiger partial charge >= 0.3 is 0 Å². The minimum Gasteiger partial charge on any atom is -0.312 e. The molecule has 17 heavy (non-hydrogen) atoms. The maximum atomic E-state index is 6.14. The third-order valence-corrected chi connectivity index (χ3v) is 4.85. The highest BCUT2D eigenvalue weighted by Gasteiger charge is 2.10. The lowest BCUT2D eigenvalue weighted by atomic mass is 10.2. The fraction of sp³-hybridized carbons (Fsp3) is 0.231. The molecule has 0 aliphatic carbocycles. The Kier molecular flexibility index (Phi) is 4.92. The van der Waals surface area contributed by atoms with Crippen LogP contribution in [0.2, 0.25) is 5.02 Å². The Morgan fingerprint density at radius 2 is 2.18 bits per heavy atom. The molecule has 0 spiro atoms. The molecule has 0 saturated carbocycles. The van der Waals surface area contributed by atoms with Crippen LogP contribution in [0.5, 0.6) is 0 Å². The molecule has 1 nitrogen and oxygen atoms in total. The predicted octanol–water partition coefficient (Wildman–Crippen LogP) is 4.45. The summed E-state index contributed by atoms with van der Waals surface area (Å²) in [7, 11) is 2.00. The van der Waals surface area contributed by atoms with Crippen LogP contribution < -0.4 is 5.32 Å². The molecule has 1 N–H and O–H groups in total. The van der Waals surface area contributed by atoms with Gasteiger partial charge in [-0.15, -0.1) is 11.8 Å². The second kappa shape index (κ2) is 6.45. The summed E-state index contributed by atoms with van der Waals surface area (Å²) in [4.78, 5) is 1.14. The van der Waals surface area contributed by atoms with Crippen LogP contribution in [-0.2, 0) is 0 Å². The first-order chi connectivity index (χ1) is 8.31. The van der Waals surface area contributed by atoms with Crippen LogP contribution >= 0.6 is 34.7 Å². The van der Waals surface area contributed by atoms with Gasteiger partial charge in [0.2, 0.25) is 0 Å². The fourth-order valence-electron chi connectivity index (χ4n) is 1.55. The number of thioether (sulfide) groups is 1. The molecule has 1 heterocycles. The van der Waals surface area contributed by atoms with Crippen molar-refractivity contribution >= 4 is 34.7 Å². The fourth-order valence-corrected chi connectivity index (χ4v) is 3.65. The topological polar surface area (TPSA) is 12.0 Å². The number of hydrogen-bond acceptors (Lipinski definition) is 3. The van der Waals surface area contributed by atoms with Gasteiger partial charge in [-0.1, -0.05) is 23.7 Å². The van der Waals surface area contributed by atoms with Crippen molar-refractivity contribution < 1.29 is 0 Å². The van der Waals surface area contributed by atoms with Gasteiger partial charge in [-0.05, 0) is 41.6 Å². The van der Waals surface area contributed by atoms with Gasteiger partial charge in [0.25, 0.3) is 0 Å². The summed E-state index contributed by atoms with van der Waals surface area (Å²) in [6.45, 7) is 0. The summed E-state index contributed by atoms with van der Waals surface area (Å²) >= 11 is 9.66. The number of rotatable bonds is 5. The summed E-state index contributed by atoms with van der Waals surface area (Å²) in [5, 5.41) is 8.47. The lowest BCUT2D eigenvalue weighted by Crippen LogP contribution is -2.17. The largest absolute Gasteiger partial charge is 0.312 e. The van der Waals surface area contributed by atoms with Crippen molar-refractivity contribution in [3.8, 4) is 0 Å². The van der Waals surface area contributed by atoms with Crippen LogP contribution in [0.15, 0.2) is 46.0 Å². The molecule has 1 unspecified atom stereocenters. The molecular weight excluding hydrogens is 270 g/mol. The molecule has 0 aliphatic rings. The third kappa shape index (κ3) is 3.49. The first kappa shape index (κ1) is 13.0. The van der Waals surface area contributed by atoms with Crippen molar-refractivity contribution in [3.63, 3.8) is 0 Å². The zero-order valence-corrected chi connectivity index (χ0v) is 11.9. The summed E-state index contributed by atoms with van der Waals surface area (Å²) in [6, 6.07) is 10.5. The highest BCUT2D eigenvalue weighted by Crippen LogP contribution is 2.30. The number of benzene rings is 1. The Labute approximate surface area is 115 Å². The van der Waals surface area contributed by atoms with Crippen molar-refractivity contribution in [1.82, 2.24) is 5.32 Å². The van der Waals surface area contributed by atoms with E-state index >= 15 is 0 Å². The Bertz CT molecular complexity index is 456. The molecular formula is C13H14ClNS2. The van der Waals surface area contributed by atoms with Gasteiger partial charge in [0.15, 0.2) is 0 Å². The minimum atomic E-state index is 0.377. The van der Waals surface area contributed by atoms with E-state index in [4.69, 9.17) is 11.6 Å². The summed E-state index contributed by atoms with van der Waals surface area (Å²) in [5.41, 5.74) is 1.34. The molecule has 2 aromatic rings. The van der Waals surface area contributed by atoms with Crippen LogP contribution in [0.25, 0.3) is 0 Å². The lowest BCUT2D eigenvalue weighted by Gasteiger charge is -2.14. The zero-order chi connectivity index (χ0) is 12.1. The van der Waals surface area contributed by atoms with Crippen molar-refractivity contribution in [1.29, 1.82) is 0 Å². The third-order valence-electron chi connectivity index (χ3n) is 2.54. The van der Waals surface area contributed by atoms with E-state index in [0.717, 1.165) is 15.7 Å². The Morgan fingerprint density at radius 1 is 1.35 bits per heavy atom. The van der Waals surface area contributed by atoms with Gasteiger partial charge in [0.1, 0.15) is 0 Å². The molecule has 90 valence electrons. The van der Waals surface area contributed by atoms with E-state index in [0.29, 0.717) is 6.04 Å². The molecule has 1 aromatic heterocycles. The van der Waals surface area contributed by atoms with Crippen molar-refractivity contribution in [2.24, 2.45) is 0 Å². The zero-order valence-electron chi connectivity index (χ0n) is 9.52. The van der Waals surface area contributed by atoms with E-state index in [1.165, 1.54) is 5.56 Å². The number of thiophene rings is 1. The molecule has 2 rings (SSSR count). The molecule has 1 aromatic carbocycles. The smallest absolute Gasteiger partial charge is 0.0541 e. The van der Waals surface area contributed by atoms with E-state index in [2.05, 4.69) is 28.2 Å². The molecule has 1 atom stereocenters. The van der Waals surface area contributed by atoms with Crippen molar-refractivity contribution in [2.75, 3.05) is 12.8 Å². The Balaban J connectivity index is 2.00. The highest BCUT2D eigenvalue weighted by atomic mass is 35.5. The van der Waals surface area contributed by atoms with Gasteiger partial charge in [0, 0.05) is 16.7 Å². The first-order valence-corrected chi connectivity index (χ1v) is 7.68. The number of halogens is 1. The van der Waals surface area contributed by atoms with E-state index in [1.807, 2.05) is 25.2 Å². The Hall–Kier alpha value is -0.480.